The van der Waals surface area contributed by atoms with E-state index in [1.54, 1.807) is 0 Å². The minimum atomic E-state index is -0.132. The van der Waals surface area contributed by atoms with Crippen LogP contribution in [0, 0.1) is 6.92 Å². The molecule has 0 aliphatic carbocycles. The van der Waals surface area contributed by atoms with E-state index >= 15 is 0 Å². The van der Waals surface area contributed by atoms with Crippen LogP contribution in [0.2, 0.25) is 0 Å². The minimum Gasteiger partial charge on any atom is -0.322 e. The first-order chi connectivity index (χ1) is 10.1. The van der Waals surface area contributed by atoms with E-state index < -0.39 is 0 Å². The summed E-state index contributed by atoms with van der Waals surface area (Å²) in [6.07, 6.45) is 2.02. The second-order valence-corrected chi connectivity index (χ2v) is 6.44. The summed E-state index contributed by atoms with van der Waals surface area (Å²) in [6.45, 7) is 4.71. The molecule has 0 radical (unpaired) electrons. The number of benzene rings is 1. The van der Waals surface area contributed by atoms with Crippen LogP contribution in [0.25, 0.3) is 0 Å². The summed E-state index contributed by atoms with van der Waals surface area (Å²) in [5.74, 6) is -0.0250. The molecule has 0 bridgehead atoms. The van der Waals surface area contributed by atoms with E-state index in [0.29, 0.717) is 5.69 Å². The Hall–Kier alpha value is -1.72. The molecule has 0 spiro atoms. The summed E-state index contributed by atoms with van der Waals surface area (Å²) in [6, 6.07) is 6.13. The Balaban J connectivity index is 1.92. The highest BCUT2D eigenvalue weighted by Gasteiger charge is 2.25. The van der Waals surface area contributed by atoms with Crippen LogP contribution in [0.1, 0.15) is 46.0 Å². The zero-order valence-electron chi connectivity index (χ0n) is 12.3. The lowest BCUT2D eigenvalue weighted by Crippen LogP contribution is -2.35. The number of aromatic nitrogens is 1. The Bertz CT molecular complexity index is 678. The molecular formula is C16H19N3OS. The van der Waals surface area contributed by atoms with Gasteiger partial charge in [-0.2, -0.15) is 0 Å². The highest BCUT2D eigenvalue weighted by atomic mass is 32.1. The van der Waals surface area contributed by atoms with Gasteiger partial charge in [0.2, 0.25) is 0 Å². The molecule has 2 aromatic rings. The van der Waals surface area contributed by atoms with E-state index in [2.05, 4.69) is 24.0 Å². The molecular weight excluding hydrogens is 282 g/mol. The molecule has 21 heavy (non-hydrogen) atoms. The number of hydrogen-bond acceptors (Lipinski definition) is 4. The number of carbonyl (C=O) groups excluding carboxylic acids is 1. The van der Waals surface area contributed by atoms with E-state index in [-0.39, 0.29) is 11.9 Å². The van der Waals surface area contributed by atoms with Gasteiger partial charge in [0.1, 0.15) is 10.7 Å². The summed E-state index contributed by atoms with van der Waals surface area (Å²) in [5.41, 5.74) is 9.82. The molecule has 1 amide bonds. The Kier molecular flexibility index (Phi) is 3.78. The van der Waals surface area contributed by atoms with E-state index in [1.807, 2.05) is 23.3 Å². The van der Waals surface area contributed by atoms with Crippen molar-refractivity contribution in [1.29, 1.82) is 0 Å². The molecule has 0 saturated heterocycles. The highest BCUT2D eigenvalue weighted by molar-refractivity contribution is 7.09. The molecule has 1 unspecified atom stereocenters. The SMILES string of the molecule is Cc1ccc2c(c1)CCCN2C(=O)c1csc(C(C)N)n1. The average molecular weight is 301 g/mol. The number of nitrogens with zero attached hydrogens (tertiary/aromatic N) is 2. The van der Waals surface area contributed by atoms with Crippen LogP contribution < -0.4 is 10.6 Å². The maximum Gasteiger partial charge on any atom is 0.277 e. The van der Waals surface area contributed by atoms with Gasteiger partial charge in [-0.05, 0) is 38.3 Å². The van der Waals surface area contributed by atoms with Crippen molar-refractivity contribution in [3.8, 4) is 0 Å². The smallest absolute Gasteiger partial charge is 0.277 e. The van der Waals surface area contributed by atoms with Gasteiger partial charge in [0, 0.05) is 17.6 Å². The molecule has 1 atom stereocenters. The summed E-state index contributed by atoms with van der Waals surface area (Å²) >= 11 is 1.45. The van der Waals surface area contributed by atoms with Gasteiger partial charge in [-0.25, -0.2) is 4.98 Å². The maximum atomic E-state index is 12.7. The second kappa shape index (κ2) is 5.58. The van der Waals surface area contributed by atoms with Crippen molar-refractivity contribution in [3.05, 3.63) is 45.4 Å². The zero-order valence-corrected chi connectivity index (χ0v) is 13.1. The lowest BCUT2D eigenvalue weighted by atomic mass is 9.99. The Morgan fingerprint density at radius 3 is 3.00 bits per heavy atom. The first-order valence-corrected chi connectivity index (χ1v) is 8.06. The summed E-state index contributed by atoms with van der Waals surface area (Å²) in [7, 11) is 0. The number of rotatable bonds is 2. The fourth-order valence-electron chi connectivity index (χ4n) is 2.67. The fraction of sp³-hybridized carbons (Fsp3) is 0.375. The molecule has 1 aromatic heterocycles. The fourth-order valence-corrected chi connectivity index (χ4v) is 3.42. The second-order valence-electron chi connectivity index (χ2n) is 5.55. The van der Waals surface area contributed by atoms with E-state index in [0.717, 1.165) is 30.1 Å². The number of anilines is 1. The topological polar surface area (TPSA) is 59.2 Å². The maximum absolute atomic E-state index is 12.7. The Morgan fingerprint density at radius 2 is 2.29 bits per heavy atom. The largest absolute Gasteiger partial charge is 0.322 e. The van der Waals surface area contributed by atoms with Crippen molar-refractivity contribution >= 4 is 22.9 Å². The van der Waals surface area contributed by atoms with Gasteiger partial charge in [0.05, 0.1) is 6.04 Å². The van der Waals surface area contributed by atoms with Crippen molar-refractivity contribution in [2.75, 3.05) is 11.4 Å². The molecule has 0 fully saturated rings. The number of aryl methyl sites for hydroxylation is 2. The monoisotopic (exact) mass is 301 g/mol. The van der Waals surface area contributed by atoms with Gasteiger partial charge in [-0.15, -0.1) is 11.3 Å². The molecule has 2 heterocycles. The highest BCUT2D eigenvalue weighted by Crippen LogP contribution is 2.29. The van der Waals surface area contributed by atoms with Gasteiger partial charge in [0.15, 0.2) is 0 Å². The third kappa shape index (κ3) is 2.71. The van der Waals surface area contributed by atoms with Crippen LogP contribution in [-0.2, 0) is 6.42 Å². The van der Waals surface area contributed by atoms with Gasteiger partial charge < -0.3 is 10.6 Å². The van der Waals surface area contributed by atoms with Crippen LogP contribution in [0.3, 0.4) is 0 Å². The van der Waals surface area contributed by atoms with E-state index in [1.165, 1.54) is 22.5 Å². The number of carbonyl (C=O) groups is 1. The molecule has 5 heteroatoms. The molecule has 0 saturated carbocycles. The molecule has 1 aliphatic heterocycles. The minimum absolute atomic E-state index is 0.0250. The van der Waals surface area contributed by atoms with Gasteiger partial charge in [0.25, 0.3) is 5.91 Å². The predicted molar refractivity (Wildman–Crippen MR) is 85.9 cm³/mol. The number of amides is 1. The summed E-state index contributed by atoms with van der Waals surface area (Å²) in [5, 5.41) is 2.61. The third-order valence-corrected chi connectivity index (χ3v) is 4.78. The van der Waals surface area contributed by atoms with Crippen LogP contribution in [-0.4, -0.2) is 17.4 Å². The van der Waals surface area contributed by atoms with Gasteiger partial charge in [-0.3, -0.25) is 4.79 Å². The van der Waals surface area contributed by atoms with Crippen LogP contribution in [0.15, 0.2) is 23.6 Å². The number of thiazole rings is 1. The van der Waals surface area contributed by atoms with E-state index in [9.17, 15) is 4.79 Å². The molecule has 1 aliphatic rings. The third-order valence-electron chi connectivity index (χ3n) is 3.73. The summed E-state index contributed by atoms with van der Waals surface area (Å²) in [4.78, 5) is 18.9. The normalized spacial score (nSPS) is 15.7. The first kappa shape index (κ1) is 14.2. The quantitative estimate of drug-likeness (QED) is 0.927. The Morgan fingerprint density at radius 1 is 1.48 bits per heavy atom. The zero-order chi connectivity index (χ0) is 15.0. The number of hydrogen-bond donors (Lipinski definition) is 1. The van der Waals surface area contributed by atoms with E-state index in [4.69, 9.17) is 5.73 Å². The van der Waals surface area contributed by atoms with Crippen LogP contribution >= 0.6 is 11.3 Å². The average Bonchev–Trinajstić information content (AvgIpc) is 2.95. The first-order valence-electron chi connectivity index (χ1n) is 7.18. The molecule has 3 rings (SSSR count). The van der Waals surface area contributed by atoms with Crippen molar-refractivity contribution < 1.29 is 4.79 Å². The van der Waals surface area contributed by atoms with Crippen molar-refractivity contribution in [1.82, 2.24) is 4.98 Å². The molecule has 4 nitrogen and oxygen atoms in total. The number of fused-ring (bicyclic) bond motifs is 1. The van der Waals surface area contributed by atoms with Crippen molar-refractivity contribution in [2.24, 2.45) is 5.73 Å². The lowest BCUT2D eigenvalue weighted by Gasteiger charge is -2.29. The number of nitrogens with two attached hydrogens (primary N) is 1. The molecule has 110 valence electrons. The molecule has 2 N–H and O–H groups in total. The van der Waals surface area contributed by atoms with Gasteiger partial charge >= 0.3 is 0 Å². The van der Waals surface area contributed by atoms with Gasteiger partial charge in [-0.1, -0.05) is 17.7 Å². The van der Waals surface area contributed by atoms with Crippen molar-refractivity contribution in [3.63, 3.8) is 0 Å². The standard InChI is InChI=1S/C16H19N3OS/c1-10-5-6-14-12(8-10)4-3-7-19(14)16(20)13-9-21-15(18-13)11(2)17/h5-6,8-9,11H,3-4,7,17H2,1-2H3. The van der Waals surface area contributed by atoms with Crippen molar-refractivity contribution in [2.45, 2.75) is 32.7 Å². The lowest BCUT2D eigenvalue weighted by molar-refractivity contribution is 0.0981. The van der Waals surface area contributed by atoms with Crippen LogP contribution in [0.5, 0.6) is 0 Å². The molecule has 1 aromatic carbocycles. The predicted octanol–water partition coefficient (Wildman–Crippen LogP) is 3.06. The van der Waals surface area contributed by atoms with Crippen LogP contribution in [0.4, 0.5) is 5.69 Å². The summed E-state index contributed by atoms with van der Waals surface area (Å²) < 4.78 is 0. The Labute approximate surface area is 128 Å².